The Morgan fingerprint density at radius 2 is 1.70 bits per heavy atom. The van der Waals surface area contributed by atoms with Crippen LogP contribution in [0.3, 0.4) is 0 Å². The summed E-state index contributed by atoms with van der Waals surface area (Å²) in [5.74, 6) is 0.274. The number of unbranched alkanes of at least 4 members (excludes halogenated alkanes) is 1. The maximum atomic E-state index is 13.2. The summed E-state index contributed by atoms with van der Waals surface area (Å²) in [6.45, 7) is 4.22. The van der Waals surface area contributed by atoms with E-state index in [1.54, 1.807) is 50.4 Å². The third-order valence-corrected chi connectivity index (χ3v) is 4.68. The Kier molecular flexibility index (Phi) is 9.12. The van der Waals surface area contributed by atoms with Crippen molar-refractivity contribution in [1.82, 2.24) is 10.2 Å². The van der Waals surface area contributed by atoms with Crippen LogP contribution in [0.2, 0.25) is 0 Å². The second-order valence-electron chi connectivity index (χ2n) is 6.93. The summed E-state index contributed by atoms with van der Waals surface area (Å²) in [4.78, 5) is 26.9. The number of nitrogens with zero attached hydrogens (tertiary/aromatic N) is 1. The van der Waals surface area contributed by atoms with Crippen molar-refractivity contribution in [3.05, 3.63) is 59.9 Å². The van der Waals surface area contributed by atoms with Gasteiger partial charge in [0.1, 0.15) is 23.4 Å². The number of amides is 2. The number of methoxy groups -OCH3 is 1. The Morgan fingerprint density at radius 1 is 1.07 bits per heavy atom. The maximum absolute atomic E-state index is 13.2. The third-order valence-electron chi connectivity index (χ3n) is 4.68. The fourth-order valence-electron chi connectivity index (χ4n) is 2.81. The van der Waals surface area contributed by atoms with Crippen LogP contribution in [-0.2, 0) is 16.1 Å². The smallest absolute Gasteiger partial charge is 0.261 e. The van der Waals surface area contributed by atoms with E-state index in [1.165, 1.54) is 17.0 Å². The van der Waals surface area contributed by atoms with Crippen LogP contribution in [0.25, 0.3) is 0 Å². The fourth-order valence-corrected chi connectivity index (χ4v) is 2.81. The molecule has 2 amide bonds. The molecule has 0 saturated heterocycles. The van der Waals surface area contributed by atoms with Gasteiger partial charge in [0.15, 0.2) is 6.61 Å². The van der Waals surface area contributed by atoms with Crippen molar-refractivity contribution in [3.8, 4) is 11.5 Å². The van der Waals surface area contributed by atoms with E-state index in [4.69, 9.17) is 9.47 Å². The normalized spacial score (nSPS) is 11.5. The minimum atomic E-state index is -0.695. The predicted octanol–water partition coefficient (Wildman–Crippen LogP) is 3.55. The van der Waals surface area contributed by atoms with E-state index in [9.17, 15) is 14.0 Å². The molecule has 0 aromatic heterocycles. The number of ether oxygens (including phenoxy) is 2. The number of carbonyl (C=O) groups excluding carboxylic acids is 2. The van der Waals surface area contributed by atoms with E-state index >= 15 is 0 Å². The lowest BCUT2D eigenvalue weighted by atomic mass is 10.1. The van der Waals surface area contributed by atoms with Crippen molar-refractivity contribution in [1.29, 1.82) is 0 Å². The van der Waals surface area contributed by atoms with Gasteiger partial charge in [-0.15, -0.1) is 0 Å². The summed E-state index contributed by atoms with van der Waals surface area (Å²) in [5, 5.41) is 2.85. The van der Waals surface area contributed by atoms with Gasteiger partial charge in [0.2, 0.25) is 5.91 Å². The lowest BCUT2D eigenvalue weighted by molar-refractivity contribution is -0.142. The predicted molar refractivity (Wildman–Crippen MR) is 113 cm³/mol. The Bertz CT molecular complexity index is 809. The van der Waals surface area contributed by atoms with Gasteiger partial charge >= 0.3 is 0 Å². The summed E-state index contributed by atoms with van der Waals surface area (Å²) in [6, 6.07) is 12.0. The average molecular weight is 416 g/mol. The van der Waals surface area contributed by atoms with Crippen molar-refractivity contribution in [2.24, 2.45) is 0 Å². The number of nitrogens with one attached hydrogen (secondary N) is 1. The van der Waals surface area contributed by atoms with Gasteiger partial charge in [-0.3, -0.25) is 9.59 Å². The first-order valence-corrected chi connectivity index (χ1v) is 10.0. The molecule has 7 heteroatoms. The molecule has 0 spiro atoms. The number of hydrogen-bond donors (Lipinski definition) is 1. The standard InChI is InChI=1S/C23H29FN2O4/c1-4-5-14-25-23(28)17(2)26(15-18-6-8-19(24)9-7-18)22(27)16-30-21-12-10-20(29-3)11-13-21/h6-13,17H,4-5,14-16H2,1-3H3,(H,25,28)/t17-/m1/s1. The number of rotatable bonds is 11. The molecular formula is C23H29FN2O4. The molecule has 2 rings (SSSR count). The molecule has 0 aliphatic rings. The highest BCUT2D eigenvalue weighted by Crippen LogP contribution is 2.17. The molecule has 162 valence electrons. The highest BCUT2D eigenvalue weighted by Gasteiger charge is 2.26. The molecule has 0 heterocycles. The van der Waals surface area contributed by atoms with Crippen LogP contribution in [0.1, 0.15) is 32.3 Å². The Hall–Kier alpha value is -3.09. The Labute approximate surface area is 177 Å². The van der Waals surface area contributed by atoms with Gasteiger partial charge in [-0.05, 0) is 55.3 Å². The van der Waals surface area contributed by atoms with Gasteiger partial charge in [0, 0.05) is 13.1 Å². The zero-order valence-corrected chi connectivity index (χ0v) is 17.7. The molecule has 0 unspecified atom stereocenters. The second-order valence-corrected chi connectivity index (χ2v) is 6.93. The first-order valence-electron chi connectivity index (χ1n) is 10.0. The van der Waals surface area contributed by atoms with Gasteiger partial charge in [0.25, 0.3) is 5.91 Å². The van der Waals surface area contributed by atoms with Gasteiger partial charge in [0.05, 0.1) is 7.11 Å². The topological polar surface area (TPSA) is 67.9 Å². The molecule has 0 saturated carbocycles. The van der Waals surface area contributed by atoms with Crippen molar-refractivity contribution in [2.75, 3.05) is 20.3 Å². The number of benzene rings is 2. The van der Waals surface area contributed by atoms with E-state index in [1.807, 2.05) is 6.92 Å². The highest BCUT2D eigenvalue weighted by atomic mass is 19.1. The van der Waals surface area contributed by atoms with Gasteiger partial charge in [-0.25, -0.2) is 4.39 Å². The molecule has 2 aromatic rings. The second kappa shape index (κ2) is 11.8. The fraction of sp³-hybridized carbons (Fsp3) is 0.391. The lowest BCUT2D eigenvalue weighted by Crippen LogP contribution is -2.49. The van der Waals surface area contributed by atoms with E-state index in [-0.39, 0.29) is 30.8 Å². The van der Waals surface area contributed by atoms with Crippen LogP contribution in [0, 0.1) is 5.82 Å². The zero-order valence-electron chi connectivity index (χ0n) is 17.7. The van der Waals surface area contributed by atoms with Crippen molar-refractivity contribution in [2.45, 2.75) is 39.3 Å². The molecule has 0 aliphatic carbocycles. The van der Waals surface area contributed by atoms with E-state index in [0.29, 0.717) is 18.0 Å². The molecule has 2 aromatic carbocycles. The molecule has 0 radical (unpaired) electrons. The first kappa shape index (κ1) is 23.2. The first-order chi connectivity index (χ1) is 14.4. The largest absolute Gasteiger partial charge is 0.497 e. The van der Waals surface area contributed by atoms with E-state index in [2.05, 4.69) is 5.32 Å². The SMILES string of the molecule is CCCCNC(=O)[C@@H](C)N(Cc1ccc(F)cc1)C(=O)COc1ccc(OC)cc1. The van der Waals surface area contributed by atoms with Crippen LogP contribution >= 0.6 is 0 Å². The summed E-state index contributed by atoms with van der Waals surface area (Å²) in [5.41, 5.74) is 0.724. The monoisotopic (exact) mass is 416 g/mol. The molecule has 1 atom stereocenters. The Morgan fingerprint density at radius 3 is 2.30 bits per heavy atom. The minimum absolute atomic E-state index is 0.174. The van der Waals surface area contributed by atoms with Crippen molar-refractivity contribution >= 4 is 11.8 Å². The number of hydrogen-bond acceptors (Lipinski definition) is 4. The maximum Gasteiger partial charge on any atom is 0.261 e. The zero-order chi connectivity index (χ0) is 21.9. The lowest BCUT2D eigenvalue weighted by Gasteiger charge is -2.28. The average Bonchev–Trinajstić information content (AvgIpc) is 2.77. The van der Waals surface area contributed by atoms with Crippen molar-refractivity contribution < 1.29 is 23.5 Å². The molecule has 6 nitrogen and oxygen atoms in total. The van der Waals surface area contributed by atoms with Gasteiger partial charge in [-0.2, -0.15) is 0 Å². The van der Waals surface area contributed by atoms with Crippen LogP contribution < -0.4 is 14.8 Å². The van der Waals surface area contributed by atoms with Crippen molar-refractivity contribution in [3.63, 3.8) is 0 Å². The van der Waals surface area contributed by atoms with Gasteiger partial charge in [-0.1, -0.05) is 25.5 Å². The van der Waals surface area contributed by atoms with Crippen LogP contribution in [0.5, 0.6) is 11.5 Å². The molecular weight excluding hydrogens is 387 g/mol. The van der Waals surface area contributed by atoms with E-state index in [0.717, 1.165) is 18.4 Å². The summed E-state index contributed by atoms with van der Waals surface area (Å²) in [6.07, 6.45) is 1.83. The van der Waals surface area contributed by atoms with Crippen LogP contribution in [0.4, 0.5) is 4.39 Å². The van der Waals surface area contributed by atoms with Crippen LogP contribution in [0.15, 0.2) is 48.5 Å². The molecule has 0 aliphatic heterocycles. The number of halogens is 1. The molecule has 1 N–H and O–H groups in total. The van der Waals surface area contributed by atoms with Gasteiger partial charge < -0.3 is 19.7 Å². The summed E-state index contributed by atoms with van der Waals surface area (Å²) in [7, 11) is 1.57. The van der Waals surface area contributed by atoms with Crippen LogP contribution in [-0.4, -0.2) is 43.0 Å². The minimum Gasteiger partial charge on any atom is -0.497 e. The molecule has 0 fully saturated rings. The summed E-state index contributed by atoms with van der Waals surface area (Å²) < 4.78 is 23.9. The third kappa shape index (κ3) is 7.06. The number of carbonyl (C=O) groups is 2. The highest BCUT2D eigenvalue weighted by molar-refractivity contribution is 5.87. The quantitative estimate of drug-likeness (QED) is 0.569. The molecule has 0 bridgehead atoms. The summed E-state index contributed by atoms with van der Waals surface area (Å²) >= 11 is 0. The Balaban J connectivity index is 2.08. The molecule has 30 heavy (non-hydrogen) atoms. The van der Waals surface area contributed by atoms with E-state index < -0.39 is 6.04 Å².